The van der Waals surface area contributed by atoms with Gasteiger partial charge in [-0.2, -0.15) is 0 Å². The predicted molar refractivity (Wildman–Crippen MR) is 92.5 cm³/mol. The van der Waals surface area contributed by atoms with Crippen molar-refractivity contribution in [3.05, 3.63) is 23.8 Å². The lowest BCUT2D eigenvalue weighted by atomic mass is 10.2. The topological polar surface area (TPSA) is 114 Å². The molecule has 1 aliphatic rings. The molecular formula is C16H24N2O6S. The van der Waals surface area contributed by atoms with E-state index >= 15 is 0 Å². The zero-order valence-corrected chi connectivity index (χ0v) is 15.0. The van der Waals surface area contributed by atoms with E-state index in [-0.39, 0.29) is 23.1 Å². The lowest BCUT2D eigenvalue weighted by Gasteiger charge is -2.14. The number of ether oxygens (including phenoxy) is 2. The SMILES string of the molecule is COCCCNc1ccc(S(=O)(=O)NC[C@H]2CCCO2)cc1C(=O)O. The number of hydrogen-bond donors (Lipinski definition) is 3. The average molecular weight is 372 g/mol. The highest BCUT2D eigenvalue weighted by Gasteiger charge is 2.22. The third-order valence-electron chi connectivity index (χ3n) is 3.90. The third kappa shape index (κ3) is 5.67. The maximum atomic E-state index is 12.4. The van der Waals surface area contributed by atoms with Gasteiger partial charge in [-0.15, -0.1) is 0 Å². The number of carbonyl (C=O) groups is 1. The number of nitrogens with one attached hydrogen (secondary N) is 2. The first-order valence-electron chi connectivity index (χ1n) is 8.15. The van der Waals surface area contributed by atoms with Crippen molar-refractivity contribution in [3.8, 4) is 0 Å². The number of rotatable bonds is 10. The summed E-state index contributed by atoms with van der Waals surface area (Å²) < 4.78 is 37.6. The van der Waals surface area contributed by atoms with Gasteiger partial charge in [-0.1, -0.05) is 0 Å². The summed E-state index contributed by atoms with van der Waals surface area (Å²) in [5.41, 5.74) is 0.291. The smallest absolute Gasteiger partial charge is 0.337 e. The molecule has 0 aromatic heterocycles. The van der Waals surface area contributed by atoms with Crippen molar-refractivity contribution in [1.29, 1.82) is 0 Å². The molecule has 0 aliphatic carbocycles. The Balaban J connectivity index is 2.09. The lowest BCUT2D eigenvalue weighted by Crippen LogP contribution is -2.32. The molecule has 1 heterocycles. The van der Waals surface area contributed by atoms with Crippen LogP contribution in [0.1, 0.15) is 29.6 Å². The second-order valence-electron chi connectivity index (χ2n) is 5.77. The van der Waals surface area contributed by atoms with Crippen LogP contribution in [0.15, 0.2) is 23.1 Å². The maximum absolute atomic E-state index is 12.4. The van der Waals surface area contributed by atoms with Gasteiger partial charge in [0, 0.05) is 39.1 Å². The molecule has 2 rings (SSSR count). The minimum absolute atomic E-state index is 0.0784. The summed E-state index contributed by atoms with van der Waals surface area (Å²) in [7, 11) is -2.20. The van der Waals surface area contributed by atoms with E-state index in [4.69, 9.17) is 9.47 Å². The van der Waals surface area contributed by atoms with E-state index < -0.39 is 16.0 Å². The van der Waals surface area contributed by atoms with E-state index in [1.165, 1.54) is 18.2 Å². The first kappa shape index (κ1) is 19.6. The number of carboxylic acids is 1. The highest BCUT2D eigenvalue weighted by Crippen LogP contribution is 2.21. The molecule has 0 saturated carbocycles. The monoisotopic (exact) mass is 372 g/mol. The lowest BCUT2D eigenvalue weighted by molar-refractivity contribution is 0.0697. The molecule has 1 aromatic rings. The largest absolute Gasteiger partial charge is 0.478 e. The minimum atomic E-state index is -3.79. The molecule has 140 valence electrons. The molecule has 1 aliphatic heterocycles. The van der Waals surface area contributed by atoms with Crippen LogP contribution in [0.2, 0.25) is 0 Å². The Bertz CT molecular complexity index is 686. The number of aromatic carboxylic acids is 1. The van der Waals surface area contributed by atoms with Crippen LogP contribution >= 0.6 is 0 Å². The van der Waals surface area contributed by atoms with Crippen molar-refractivity contribution >= 4 is 21.7 Å². The van der Waals surface area contributed by atoms with Crippen LogP contribution in [0.3, 0.4) is 0 Å². The van der Waals surface area contributed by atoms with Gasteiger partial charge >= 0.3 is 5.97 Å². The molecule has 8 nitrogen and oxygen atoms in total. The Hall–Kier alpha value is -1.68. The van der Waals surface area contributed by atoms with E-state index in [0.717, 1.165) is 12.8 Å². The molecule has 0 amide bonds. The summed E-state index contributed by atoms with van der Waals surface area (Å²) in [4.78, 5) is 11.4. The Labute approximate surface area is 147 Å². The number of benzene rings is 1. The second kappa shape index (κ2) is 9.14. The van der Waals surface area contributed by atoms with Gasteiger partial charge < -0.3 is 19.9 Å². The highest BCUT2D eigenvalue weighted by molar-refractivity contribution is 7.89. The van der Waals surface area contributed by atoms with Crippen LogP contribution in [0.4, 0.5) is 5.69 Å². The fraction of sp³-hybridized carbons (Fsp3) is 0.562. The second-order valence-corrected chi connectivity index (χ2v) is 7.54. The zero-order valence-electron chi connectivity index (χ0n) is 14.2. The quantitative estimate of drug-likeness (QED) is 0.530. The predicted octanol–water partition coefficient (Wildman–Crippen LogP) is 1.29. The summed E-state index contributed by atoms with van der Waals surface area (Å²) in [5.74, 6) is -1.19. The molecule has 9 heteroatoms. The molecule has 0 radical (unpaired) electrons. The summed E-state index contributed by atoms with van der Waals surface area (Å²) in [6, 6.07) is 4.03. The Morgan fingerprint density at radius 2 is 2.24 bits per heavy atom. The van der Waals surface area contributed by atoms with Gasteiger partial charge in [0.25, 0.3) is 0 Å². The summed E-state index contributed by atoms with van der Waals surface area (Å²) in [5, 5.41) is 12.3. The Morgan fingerprint density at radius 1 is 1.44 bits per heavy atom. The fourth-order valence-corrected chi connectivity index (χ4v) is 3.64. The first-order valence-corrected chi connectivity index (χ1v) is 9.64. The molecule has 0 bridgehead atoms. The van der Waals surface area contributed by atoms with Crippen molar-refractivity contribution in [1.82, 2.24) is 4.72 Å². The van der Waals surface area contributed by atoms with Crippen molar-refractivity contribution < 1.29 is 27.8 Å². The molecule has 3 N–H and O–H groups in total. The van der Waals surface area contributed by atoms with Crippen LogP contribution in [0.25, 0.3) is 0 Å². The maximum Gasteiger partial charge on any atom is 0.337 e. The molecule has 1 saturated heterocycles. The van der Waals surface area contributed by atoms with Gasteiger partial charge in [-0.05, 0) is 37.5 Å². The molecule has 0 spiro atoms. The molecule has 1 fully saturated rings. The fourth-order valence-electron chi connectivity index (χ4n) is 2.55. The molecule has 1 aromatic carbocycles. The van der Waals surface area contributed by atoms with Gasteiger partial charge in [0.2, 0.25) is 10.0 Å². The van der Waals surface area contributed by atoms with Crippen LogP contribution in [0, 0.1) is 0 Å². The molecule has 25 heavy (non-hydrogen) atoms. The minimum Gasteiger partial charge on any atom is -0.478 e. The Morgan fingerprint density at radius 3 is 2.88 bits per heavy atom. The van der Waals surface area contributed by atoms with Crippen LogP contribution in [0.5, 0.6) is 0 Å². The van der Waals surface area contributed by atoms with Crippen molar-refractivity contribution in [2.75, 3.05) is 38.7 Å². The van der Waals surface area contributed by atoms with E-state index in [9.17, 15) is 18.3 Å². The standard InChI is InChI=1S/C16H24N2O6S/c1-23-8-3-7-17-15-6-5-13(10-14(15)16(19)20)25(21,22)18-11-12-4-2-9-24-12/h5-6,10,12,17-18H,2-4,7-9,11H2,1H3,(H,19,20)/t12-/m1/s1. The number of carboxylic acid groups (broad SMARTS) is 1. The average Bonchev–Trinajstić information content (AvgIpc) is 3.10. The summed E-state index contributed by atoms with van der Waals surface area (Å²) in [6.45, 7) is 1.90. The number of hydrogen-bond acceptors (Lipinski definition) is 6. The van der Waals surface area contributed by atoms with Gasteiger partial charge in [0.1, 0.15) is 0 Å². The van der Waals surface area contributed by atoms with E-state index in [2.05, 4.69) is 10.0 Å². The number of methoxy groups -OCH3 is 1. The van der Waals surface area contributed by atoms with E-state index in [0.29, 0.717) is 31.9 Å². The van der Waals surface area contributed by atoms with E-state index in [1.807, 2.05) is 0 Å². The Kier molecular flexibility index (Phi) is 7.18. The van der Waals surface area contributed by atoms with Crippen molar-refractivity contribution in [2.45, 2.75) is 30.3 Å². The molecular weight excluding hydrogens is 348 g/mol. The van der Waals surface area contributed by atoms with Crippen LogP contribution in [-0.2, 0) is 19.5 Å². The van der Waals surface area contributed by atoms with Gasteiger partial charge in [0.05, 0.1) is 16.6 Å². The third-order valence-corrected chi connectivity index (χ3v) is 5.32. The summed E-state index contributed by atoms with van der Waals surface area (Å²) in [6.07, 6.45) is 2.31. The van der Waals surface area contributed by atoms with Gasteiger partial charge in [-0.3, -0.25) is 0 Å². The normalized spacial score (nSPS) is 17.6. The van der Waals surface area contributed by atoms with Gasteiger partial charge in [-0.25, -0.2) is 17.9 Å². The van der Waals surface area contributed by atoms with Crippen LogP contribution < -0.4 is 10.0 Å². The van der Waals surface area contributed by atoms with E-state index in [1.54, 1.807) is 7.11 Å². The highest BCUT2D eigenvalue weighted by atomic mass is 32.2. The zero-order chi connectivity index (χ0) is 18.3. The van der Waals surface area contributed by atoms with Gasteiger partial charge in [0.15, 0.2) is 0 Å². The molecule has 1 atom stereocenters. The summed E-state index contributed by atoms with van der Waals surface area (Å²) >= 11 is 0. The molecule has 0 unspecified atom stereocenters. The first-order chi connectivity index (χ1) is 11.9. The van der Waals surface area contributed by atoms with Crippen molar-refractivity contribution in [2.24, 2.45) is 0 Å². The van der Waals surface area contributed by atoms with Crippen molar-refractivity contribution in [3.63, 3.8) is 0 Å². The van der Waals surface area contributed by atoms with Crippen LogP contribution in [-0.4, -0.2) is 59.0 Å². The number of sulfonamides is 1. The number of anilines is 1.